The van der Waals surface area contributed by atoms with Gasteiger partial charge in [0.25, 0.3) is 0 Å². The molecular formula is C12H18N2O2S. The molecule has 1 aromatic carbocycles. The summed E-state index contributed by atoms with van der Waals surface area (Å²) in [5.41, 5.74) is 7.25. The average molecular weight is 254 g/mol. The zero-order valence-electron chi connectivity index (χ0n) is 9.96. The molecule has 5 heteroatoms. The molecule has 94 valence electrons. The molecule has 1 aliphatic carbocycles. The van der Waals surface area contributed by atoms with Crippen molar-refractivity contribution in [2.45, 2.75) is 19.4 Å². The zero-order valence-corrected chi connectivity index (χ0v) is 10.8. The Morgan fingerprint density at radius 2 is 2.12 bits per heavy atom. The monoisotopic (exact) mass is 254 g/mol. The van der Waals surface area contributed by atoms with Gasteiger partial charge in [-0.3, -0.25) is 0 Å². The van der Waals surface area contributed by atoms with Gasteiger partial charge in [-0.2, -0.15) is 0 Å². The molecule has 1 fully saturated rings. The van der Waals surface area contributed by atoms with E-state index in [1.165, 1.54) is 4.31 Å². The van der Waals surface area contributed by atoms with Gasteiger partial charge >= 0.3 is 0 Å². The van der Waals surface area contributed by atoms with Crippen LogP contribution in [0, 0.1) is 5.92 Å². The molecule has 1 aliphatic rings. The highest BCUT2D eigenvalue weighted by molar-refractivity contribution is 7.89. The van der Waals surface area contributed by atoms with Crippen molar-refractivity contribution in [2.75, 3.05) is 18.5 Å². The van der Waals surface area contributed by atoms with Crippen LogP contribution in [0.1, 0.15) is 18.4 Å². The van der Waals surface area contributed by atoms with E-state index in [0.29, 0.717) is 18.2 Å². The van der Waals surface area contributed by atoms with E-state index in [-0.39, 0.29) is 5.75 Å². The smallest absolute Gasteiger partial charge is 0.214 e. The molecule has 0 radical (unpaired) electrons. The normalized spacial score (nSPS) is 16.4. The van der Waals surface area contributed by atoms with Gasteiger partial charge in [0.2, 0.25) is 10.0 Å². The Balaban J connectivity index is 2.02. The van der Waals surface area contributed by atoms with E-state index in [0.717, 1.165) is 18.4 Å². The van der Waals surface area contributed by atoms with Gasteiger partial charge in [-0.15, -0.1) is 0 Å². The molecule has 17 heavy (non-hydrogen) atoms. The summed E-state index contributed by atoms with van der Waals surface area (Å²) < 4.78 is 25.3. The van der Waals surface area contributed by atoms with Crippen LogP contribution in [0.3, 0.4) is 0 Å². The van der Waals surface area contributed by atoms with Gasteiger partial charge in [0, 0.05) is 19.3 Å². The first-order chi connectivity index (χ1) is 7.97. The first-order valence-corrected chi connectivity index (χ1v) is 7.37. The van der Waals surface area contributed by atoms with E-state index in [2.05, 4.69) is 0 Å². The van der Waals surface area contributed by atoms with Crippen LogP contribution < -0.4 is 5.73 Å². The number of anilines is 1. The maximum absolute atomic E-state index is 12.0. The van der Waals surface area contributed by atoms with Crippen molar-refractivity contribution < 1.29 is 8.42 Å². The van der Waals surface area contributed by atoms with Gasteiger partial charge in [0.1, 0.15) is 0 Å². The second-order valence-corrected chi connectivity index (χ2v) is 6.84. The predicted molar refractivity (Wildman–Crippen MR) is 68.8 cm³/mol. The van der Waals surface area contributed by atoms with Crippen LogP contribution in [-0.4, -0.2) is 25.5 Å². The molecule has 1 saturated carbocycles. The fraction of sp³-hybridized carbons (Fsp3) is 0.500. The lowest BCUT2D eigenvalue weighted by Gasteiger charge is -2.17. The first-order valence-electron chi connectivity index (χ1n) is 5.76. The van der Waals surface area contributed by atoms with E-state index in [1.54, 1.807) is 13.1 Å². The third-order valence-corrected chi connectivity index (χ3v) is 4.95. The van der Waals surface area contributed by atoms with E-state index in [1.807, 2.05) is 18.2 Å². The van der Waals surface area contributed by atoms with Crippen LogP contribution in [0.4, 0.5) is 5.69 Å². The Kier molecular flexibility index (Phi) is 3.40. The lowest BCUT2D eigenvalue weighted by atomic mass is 10.2. The highest BCUT2D eigenvalue weighted by Crippen LogP contribution is 2.31. The standard InChI is InChI=1S/C12H18N2O2S/c1-14(17(15,16)9-10-5-6-10)8-11-3-2-4-12(13)7-11/h2-4,7,10H,5-6,8-9,13H2,1H3. The summed E-state index contributed by atoms with van der Waals surface area (Å²) in [7, 11) is -1.49. The van der Waals surface area contributed by atoms with Crippen LogP contribution in [0.5, 0.6) is 0 Å². The largest absolute Gasteiger partial charge is 0.399 e. The second kappa shape index (κ2) is 4.66. The molecule has 0 aromatic heterocycles. The van der Waals surface area contributed by atoms with Crippen molar-refractivity contribution >= 4 is 15.7 Å². The molecule has 4 nitrogen and oxygen atoms in total. The number of hydrogen-bond acceptors (Lipinski definition) is 3. The number of rotatable bonds is 5. The summed E-state index contributed by atoms with van der Waals surface area (Å²) in [6.45, 7) is 0.389. The van der Waals surface area contributed by atoms with Gasteiger partial charge in [0.15, 0.2) is 0 Å². The van der Waals surface area contributed by atoms with Crippen molar-refractivity contribution in [3.05, 3.63) is 29.8 Å². The van der Waals surface area contributed by atoms with Crippen LogP contribution in [-0.2, 0) is 16.6 Å². The van der Waals surface area contributed by atoms with Crippen molar-refractivity contribution in [1.29, 1.82) is 0 Å². The van der Waals surface area contributed by atoms with Crippen molar-refractivity contribution in [3.8, 4) is 0 Å². The highest BCUT2D eigenvalue weighted by Gasteiger charge is 2.30. The molecule has 0 atom stereocenters. The fourth-order valence-electron chi connectivity index (χ4n) is 1.76. The average Bonchev–Trinajstić information content (AvgIpc) is 3.00. The highest BCUT2D eigenvalue weighted by atomic mass is 32.2. The molecule has 0 heterocycles. The summed E-state index contributed by atoms with van der Waals surface area (Å²) in [6.07, 6.45) is 2.09. The Morgan fingerprint density at radius 1 is 1.41 bits per heavy atom. The van der Waals surface area contributed by atoms with Crippen molar-refractivity contribution in [1.82, 2.24) is 4.31 Å². The quantitative estimate of drug-likeness (QED) is 0.809. The molecule has 0 bridgehead atoms. The maximum atomic E-state index is 12.0. The van der Waals surface area contributed by atoms with Crippen LogP contribution in [0.15, 0.2) is 24.3 Å². The number of sulfonamides is 1. The van der Waals surface area contributed by atoms with E-state index in [4.69, 9.17) is 5.73 Å². The zero-order chi connectivity index (χ0) is 12.5. The summed E-state index contributed by atoms with van der Waals surface area (Å²) in [4.78, 5) is 0. The molecule has 2 rings (SSSR count). The summed E-state index contributed by atoms with van der Waals surface area (Å²) >= 11 is 0. The first kappa shape index (κ1) is 12.4. The van der Waals surface area contributed by atoms with Crippen LogP contribution in [0.25, 0.3) is 0 Å². The molecule has 0 amide bonds. The molecule has 2 N–H and O–H groups in total. The second-order valence-electron chi connectivity index (χ2n) is 4.72. The molecule has 0 saturated heterocycles. The third-order valence-electron chi connectivity index (χ3n) is 2.97. The van der Waals surface area contributed by atoms with Gasteiger partial charge in [-0.1, -0.05) is 12.1 Å². The number of hydrogen-bond donors (Lipinski definition) is 1. The number of nitrogens with zero attached hydrogens (tertiary/aromatic N) is 1. The van der Waals surface area contributed by atoms with Gasteiger partial charge in [-0.05, 0) is 36.5 Å². The minimum absolute atomic E-state index is 0.284. The van der Waals surface area contributed by atoms with Crippen molar-refractivity contribution in [3.63, 3.8) is 0 Å². The Labute approximate surface area is 102 Å². The number of nitrogens with two attached hydrogens (primary N) is 1. The summed E-state index contributed by atoms with van der Waals surface area (Å²) in [6, 6.07) is 7.33. The maximum Gasteiger partial charge on any atom is 0.214 e. The lowest BCUT2D eigenvalue weighted by Crippen LogP contribution is -2.29. The summed E-state index contributed by atoms with van der Waals surface area (Å²) in [5.74, 6) is 0.662. The Morgan fingerprint density at radius 3 is 2.71 bits per heavy atom. The van der Waals surface area contributed by atoms with Crippen LogP contribution >= 0.6 is 0 Å². The Hall–Kier alpha value is -1.07. The minimum Gasteiger partial charge on any atom is -0.399 e. The lowest BCUT2D eigenvalue weighted by molar-refractivity contribution is 0.464. The van der Waals surface area contributed by atoms with Gasteiger partial charge in [0.05, 0.1) is 5.75 Å². The van der Waals surface area contributed by atoms with E-state index >= 15 is 0 Å². The predicted octanol–water partition coefficient (Wildman–Crippen LogP) is 1.44. The molecule has 0 spiro atoms. The topological polar surface area (TPSA) is 63.4 Å². The minimum atomic E-state index is -3.12. The van der Waals surface area contributed by atoms with E-state index < -0.39 is 10.0 Å². The number of nitrogen functional groups attached to an aromatic ring is 1. The molecular weight excluding hydrogens is 236 g/mol. The van der Waals surface area contributed by atoms with E-state index in [9.17, 15) is 8.42 Å². The molecule has 0 unspecified atom stereocenters. The van der Waals surface area contributed by atoms with Gasteiger partial charge in [-0.25, -0.2) is 12.7 Å². The van der Waals surface area contributed by atoms with Gasteiger partial charge < -0.3 is 5.73 Å². The van der Waals surface area contributed by atoms with Crippen molar-refractivity contribution in [2.24, 2.45) is 5.92 Å². The SMILES string of the molecule is CN(Cc1cccc(N)c1)S(=O)(=O)CC1CC1. The molecule has 1 aromatic rings. The summed E-state index contributed by atoms with van der Waals surface area (Å²) in [5, 5.41) is 0. The number of benzene rings is 1. The third kappa shape index (κ3) is 3.44. The fourth-order valence-corrected chi connectivity index (χ4v) is 3.29. The van der Waals surface area contributed by atoms with Crippen LogP contribution in [0.2, 0.25) is 0 Å². The Bertz CT molecular complexity index is 495. The molecule has 0 aliphatic heterocycles.